The number of oxazole rings is 1. The third kappa shape index (κ3) is 1.48. The normalized spacial score (nSPS) is 11.2. The van der Waals surface area contributed by atoms with E-state index in [2.05, 4.69) is 16.5 Å². The molecule has 0 aliphatic rings. The lowest BCUT2D eigenvalue weighted by Gasteiger charge is -1.98. The lowest BCUT2D eigenvalue weighted by molar-refractivity contribution is 0.612. The summed E-state index contributed by atoms with van der Waals surface area (Å²) in [6.07, 6.45) is 1.72. The lowest BCUT2D eigenvalue weighted by Crippen LogP contribution is -1.90. The van der Waals surface area contributed by atoms with Gasteiger partial charge in [0.25, 0.3) is 5.89 Å². The van der Waals surface area contributed by atoms with Gasteiger partial charge in [-0.05, 0) is 24.3 Å². The zero-order valence-corrected chi connectivity index (χ0v) is 10.7. The van der Waals surface area contributed by atoms with Crippen molar-refractivity contribution in [2.24, 2.45) is 0 Å². The maximum atomic E-state index is 5.78. The first-order valence-corrected chi connectivity index (χ1v) is 6.32. The van der Waals surface area contributed by atoms with Crippen LogP contribution in [-0.2, 0) is 0 Å². The summed E-state index contributed by atoms with van der Waals surface area (Å²) in [4.78, 5) is 9.07. The largest absolute Gasteiger partial charge is 0.434 e. The average Bonchev–Trinajstić information content (AvgIpc) is 3.07. The highest BCUT2D eigenvalue weighted by Crippen LogP contribution is 2.27. The summed E-state index contributed by atoms with van der Waals surface area (Å²) < 4.78 is 7.67. The quantitative estimate of drug-likeness (QED) is 0.549. The lowest BCUT2D eigenvalue weighted by atomic mass is 10.3. The van der Waals surface area contributed by atoms with E-state index in [9.17, 15) is 0 Å². The molecular formula is C16H11N3O. The molecule has 0 aliphatic heterocycles. The van der Waals surface area contributed by atoms with E-state index in [1.165, 1.54) is 0 Å². The molecule has 0 atom stereocenters. The highest BCUT2D eigenvalue weighted by molar-refractivity contribution is 5.83. The van der Waals surface area contributed by atoms with E-state index >= 15 is 0 Å². The molecule has 0 unspecified atom stereocenters. The van der Waals surface area contributed by atoms with Gasteiger partial charge in [0.1, 0.15) is 5.52 Å². The van der Waals surface area contributed by atoms with Gasteiger partial charge in [0.05, 0.1) is 11.0 Å². The average molecular weight is 261 g/mol. The van der Waals surface area contributed by atoms with Crippen LogP contribution >= 0.6 is 0 Å². The van der Waals surface area contributed by atoms with Crippen LogP contribution in [0, 0.1) is 0 Å². The molecule has 2 heterocycles. The van der Waals surface area contributed by atoms with Gasteiger partial charge in [-0.1, -0.05) is 30.8 Å². The molecule has 20 heavy (non-hydrogen) atoms. The molecule has 4 aromatic rings. The predicted molar refractivity (Wildman–Crippen MR) is 79.1 cm³/mol. The third-order valence-electron chi connectivity index (χ3n) is 3.26. The predicted octanol–water partition coefficient (Wildman–Crippen LogP) is 3.95. The summed E-state index contributed by atoms with van der Waals surface area (Å²) in [6.45, 7) is 3.85. The summed E-state index contributed by atoms with van der Waals surface area (Å²) in [5, 5.41) is 0. The Balaban J connectivity index is 2.03. The first-order chi connectivity index (χ1) is 9.86. The zero-order valence-electron chi connectivity index (χ0n) is 10.7. The maximum Gasteiger partial charge on any atom is 0.264 e. The molecule has 0 spiro atoms. The van der Waals surface area contributed by atoms with E-state index in [1.54, 1.807) is 6.20 Å². The molecule has 0 N–H and O–H groups in total. The van der Waals surface area contributed by atoms with Crippen LogP contribution in [0.5, 0.6) is 0 Å². The van der Waals surface area contributed by atoms with Gasteiger partial charge in [0.2, 0.25) is 5.82 Å². The van der Waals surface area contributed by atoms with Crippen LogP contribution in [0.25, 0.3) is 40.0 Å². The zero-order chi connectivity index (χ0) is 13.5. The molecule has 4 heteroatoms. The second-order valence-corrected chi connectivity index (χ2v) is 4.46. The van der Waals surface area contributed by atoms with Crippen molar-refractivity contribution in [1.29, 1.82) is 0 Å². The molecule has 96 valence electrons. The number of hydrogen-bond donors (Lipinski definition) is 0. The number of fused-ring (bicyclic) bond motifs is 2. The van der Waals surface area contributed by atoms with Crippen molar-refractivity contribution in [2.75, 3.05) is 0 Å². The highest BCUT2D eigenvalue weighted by atomic mass is 16.3. The summed E-state index contributed by atoms with van der Waals surface area (Å²) in [6, 6.07) is 15.6. The van der Waals surface area contributed by atoms with Crippen molar-refractivity contribution >= 4 is 28.3 Å². The number of aromatic nitrogens is 3. The third-order valence-corrected chi connectivity index (χ3v) is 3.26. The fraction of sp³-hybridized carbons (Fsp3) is 0. The summed E-state index contributed by atoms with van der Waals surface area (Å²) in [5.74, 6) is 1.17. The molecular weight excluding hydrogens is 250 g/mol. The topological polar surface area (TPSA) is 43.9 Å². The van der Waals surface area contributed by atoms with Crippen LogP contribution in [0.2, 0.25) is 0 Å². The summed E-state index contributed by atoms with van der Waals surface area (Å²) in [7, 11) is 0. The Morgan fingerprint density at radius 2 is 1.70 bits per heavy atom. The smallest absolute Gasteiger partial charge is 0.264 e. The molecule has 0 aliphatic carbocycles. The number of para-hydroxylation sites is 4. The number of hydrogen-bond acceptors (Lipinski definition) is 3. The van der Waals surface area contributed by atoms with Crippen molar-refractivity contribution < 1.29 is 4.42 Å². The van der Waals surface area contributed by atoms with Crippen LogP contribution < -0.4 is 0 Å². The Labute approximate surface area is 115 Å². The molecule has 4 rings (SSSR count). The van der Waals surface area contributed by atoms with Crippen molar-refractivity contribution in [1.82, 2.24) is 14.5 Å². The fourth-order valence-corrected chi connectivity index (χ4v) is 2.35. The van der Waals surface area contributed by atoms with E-state index < -0.39 is 0 Å². The van der Waals surface area contributed by atoms with E-state index in [4.69, 9.17) is 4.42 Å². The van der Waals surface area contributed by atoms with Crippen molar-refractivity contribution in [3.8, 4) is 11.7 Å². The molecule has 0 amide bonds. The van der Waals surface area contributed by atoms with E-state index in [1.807, 2.05) is 53.1 Å². The minimum atomic E-state index is 0.502. The van der Waals surface area contributed by atoms with E-state index in [0.717, 1.165) is 22.1 Å². The Kier molecular flexibility index (Phi) is 2.23. The van der Waals surface area contributed by atoms with Gasteiger partial charge < -0.3 is 4.42 Å². The number of rotatable bonds is 2. The van der Waals surface area contributed by atoms with Crippen LogP contribution in [0.3, 0.4) is 0 Å². The molecule has 0 bridgehead atoms. The maximum absolute atomic E-state index is 5.78. The van der Waals surface area contributed by atoms with Crippen LogP contribution in [0.1, 0.15) is 0 Å². The van der Waals surface area contributed by atoms with Crippen LogP contribution in [-0.4, -0.2) is 14.5 Å². The van der Waals surface area contributed by atoms with Crippen LogP contribution in [0.15, 0.2) is 59.5 Å². The molecule has 0 saturated carbocycles. The summed E-state index contributed by atoms with van der Waals surface area (Å²) in [5.41, 5.74) is 3.46. The van der Waals surface area contributed by atoms with Gasteiger partial charge in [-0.15, -0.1) is 0 Å². The highest BCUT2D eigenvalue weighted by Gasteiger charge is 2.16. The monoisotopic (exact) mass is 261 g/mol. The molecule has 0 radical (unpaired) electrons. The second-order valence-electron chi connectivity index (χ2n) is 4.46. The van der Waals surface area contributed by atoms with Gasteiger partial charge in [-0.2, -0.15) is 0 Å². The standard InChI is InChI=1S/C16H11N3O/c1-2-19-13-9-5-3-7-11(13)17-15(19)16-18-12-8-4-6-10-14(12)20-16/h2-10H,1H2. The van der Waals surface area contributed by atoms with Gasteiger partial charge in [0.15, 0.2) is 5.58 Å². The number of imidazole rings is 1. The van der Waals surface area contributed by atoms with Gasteiger partial charge in [0, 0.05) is 6.20 Å². The number of nitrogens with zero attached hydrogens (tertiary/aromatic N) is 3. The van der Waals surface area contributed by atoms with Gasteiger partial charge >= 0.3 is 0 Å². The first kappa shape index (κ1) is 11.0. The van der Waals surface area contributed by atoms with Crippen molar-refractivity contribution in [2.45, 2.75) is 0 Å². The molecule has 2 aromatic carbocycles. The van der Waals surface area contributed by atoms with Crippen molar-refractivity contribution in [3.05, 3.63) is 55.1 Å². The SMILES string of the molecule is C=Cn1c(-c2nc3ccccc3o2)nc2ccccc21. The molecule has 4 nitrogen and oxygen atoms in total. The van der Waals surface area contributed by atoms with Gasteiger partial charge in [-0.25, -0.2) is 9.97 Å². The second kappa shape index (κ2) is 4.06. The van der Waals surface area contributed by atoms with E-state index in [-0.39, 0.29) is 0 Å². The summed E-state index contributed by atoms with van der Waals surface area (Å²) >= 11 is 0. The Bertz CT molecular complexity index is 900. The van der Waals surface area contributed by atoms with E-state index in [0.29, 0.717) is 11.7 Å². The molecule has 0 fully saturated rings. The Morgan fingerprint density at radius 3 is 2.50 bits per heavy atom. The minimum absolute atomic E-state index is 0.502. The Morgan fingerprint density at radius 1 is 0.950 bits per heavy atom. The number of benzene rings is 2. The van der Waals surface area contributed by atoms with Crippen LogP contribution in [0.4, 0.5) is 0 Å². The van der Waals surface area contributed by atoms with Crippen molar-refractivity contribution in [3.63, 3.8) is 0 Å². The molecule has 0 saturated heterocycles. The fourth-order valence-electron chi connectivity index (χ4n) is 2.35. The van der Waals surface area contributed by atoms with Gasteiger partial charge in [-0.3, -0.25) is 4.57 Å². The Hall–Kier alpha value is -2.88. The molecule has 2 aromatic heterocycles. The first-order valence-electron chi connectivity index (χ1n) is 6.32. The minimum Gasteiger partial charge on any atom is -0.434 e.